The van der Waals surface area contributed by atoms with Crippen LogP contribution in [-0.2, 0) is 0 Å². The molecule has 74 valence electrons. The number of benzene rings is 1. The van der Waals surface area contributed by atoms with Crippen LogP contribution in [0.5, 0.6) is 0 Å². The minimum absolute atomic E-state index is 0.371. The molecule has 0 aliphatic carbocycles. The molecule has 1 amide bonds. The zero-order valence-corrected chi connectivity index (χ0v) is 7.92. The molecule has 0 bridgehead atoms. The van der Waals surface area contributed by atoms with Crippen LogP contribution in [-0.4, -0.2) is 10.9 Å². The molecule has 0 atom stereocenters. The molecule has 15 heavy (non-hydrogen) atoms. The molecular formula is C11H9N3O. The highest BCUT2D eigenvalue weighted by Crippen LogP contribution is 2.10. The van der Waals surface area contributed by atoms with Crippen molar-refractivity contribution in [3.05, 3.63) is 54.4 Å². The third kappa shape index (κ3) is 2.37. The van der Waals surface area contributed by atoms with E-state index in [0.717, 1.165) is 0 Å². The van der Waals surface area contributed by atoms with Gasteiger partial charge in [0.25, 0.3) is 0 Å². The molecule has 1 N–H and O–H groups in total. The van der Waals surface area contributed by atoms with Gasteiger partial charge in [-0.2, -0.15) is 0 Å². The summed E-state index contributed by atoms with van der Waals surface area (Å²) in [5, 5.41) is 7.41. The highest BCUT2D eigenvalue weighted by atomic mass is 16.1. The maximum atomic E-state index is 11.4. The number of rotatable bonds is 2. The summed E-state index contributed by atoms with van der Waals surface area (Å²) < 4.78 is 0. The van der Waals surface area contributed by atoms with E-state index in [9.17, 15) is 4.79 Å². The third-order valence-corrected chi connectivity index (χ3v) is 1.84. The quantitative estimate of drug-likeness (QED) is 0.742. The van der Waals surface area contributed by atoms with E-state index in [0.29, 0.717) is 11.4 Å². The minimum atomic E-state index is -0.371. The predicted octanol–water partition coefficient (Wildman–Crippen LogP) is 2.94. The fraction of sp³-hybridized carbons (Fsp3) is 0. The van der Waals surface area contributed by atoms with Crippen molar-refractivity contribution in [3.8, 4) is 0 Å². The van der Waals surface area contributed by atoms with Gasteiger partial charge in [-0.3, -0.25) is 4.79 Å². The zero-order valence-electron chi connectivity index (χ0n) is 7.92. The Bertz CT molecular complexity index is 460. The second-order valence-electron chi connectivity index (χ2n) is 2.92. The topological polar surface area (TPSA) is 57.6 Å². The van der Waals surface area contributed by atoms with E-state index in [4.69, 9.17) is 0 Å². The molecule has 0 unspecified atom stereocenters. The molecule has 0 saturated carbocycles. The van der Waals surface area contributed by atoms with Gasteiger partial charge in [0.1, 0.15) is 5.69 Å². The zero-order chi connectivity index (χ0) is 10.5. The van der Waals surface area contributed by atoms with Crippen LogP contribution >= 0.6 is 0 Å². The van der Waals surface area contributed by atoms with Gasteiger partial charge < -0.3 is 4.98 Å². The maximum absolute atomic E-state index is 11.4. The standard InChI is InChI=1S/C11H9N3O/c15-11(10-7-4-8-12-10)14-13-9-5-2-1-3-6-9/h1-8,12H. The van der Waals surface area contributed by atoms with Crippen LogP contribution in [0, 0.1) is 0 Å². The average Bonchev–Trinajstić information content (AvgIpc) is 2.81. The molecule has 1 heterocycles. The first kappa shape index (κ1) is 9.33. The molecule has 4 heteroatoms. The van der Waals surface area contributed by atoms with E-state index in [-0.39, 0.29) is 5.91 Å². The van der Waals surface area contributed by atoms with Gasteiger partial charge in [0, 0.05) is 6.20 Å². The van der Waals surface area contributed by atoms with Crippen LogP contribution in [0.25, 0.3) is 0 Å². The summed E-state index contributed by atoms with van der Waals surface area (Å²) in [5.41, 5.74) is 1.10. The summed E-state index contributed by atoms with van der Waals surface area (Å²) in [5.74, 6) is -0.371. The largest absolute Gasteiger partial charge is 0.357 e. The lowest BCUT2D eigenvalue weighted by Crippen LogP contribution is -1.92. The van der Waals surface area contributed by atoms with Crippen molar-refractivity contribution in [2.45, 2.75) is 0 Å². The first-order valence-corrected chi connectivity index (χ1v) is 4.51. The molecule has 0 spiro atoms. The SMILES string of the molecule is O=C(N=Nc1ccccc1)c1ccc[nH]1. The van der Waals surface area contributed by atoms with Crippen molar-refractivity contribution >= 4 is 11.6 Å². The van der Waals surface area contributed by atoms with Crippen LogP contribution in [0.2, 0.25) is 0 Å². The Hall–Kier alpha value is -2.23. The number of H-pyrrole nitrogens is 1. The average molecular weight is 199 g/mol. The van der Waals surface area contributed by atoms with E-state index < -0.39 is 0 Å². The Labute approximate surface area is 86.7 Å². The predicted molar refractivity (Wildman–Crippen MR) is 56.1 cm³/mol. The minimum Gasteiger partial charge on any atom is -0.357 e. The van der Waals surface area contributed by atoms with Crippen molar-refractivity contribution in [1.29, 1.82) is 0 Å². The number of carbonyl (C=O) groups is 1. The molecule has 1 aromatic carbocycles. The first-order chi connectivity index (χ1) is 7.36. The Kier molecular flexibility index (Phi) is 2.69. The van der Waals surface area contributed by atoms with Gasteiger partial charge in [-0.15, -0.1) is 10.2 Å². The van der Waals surface area contributed by atoms with Crippen LogP contribution in [0.3, 0.4) is 0 Å². The first-order valence-electron chi connectivity index (χ1n) is 4.51. The fourth-order valence-corrected chi connectivity index (χ4v) is 1.12. The van der Waals surface area contributed by atoms with Crippen LogP contribution in [0.1, 0.15) is 10.5 Å². The fourth-order valence-electron chi connectivity index (χ4n) is 1.12. The van der Waals surface area contributed by atoms with Crippen LogP contribution < -0.4 is 0 Å². The lowest BCUT2D eigenvalue weighted by atomic mass is 10.3. The summed E-state index contributed by atoms with van der Waals surface area (Å²) in [6, 6.07) is 12.5. The molecule has 0 radical (unpaired) electrons. The number of nitrogens with zero attached hydrogens (tertiary/aromatic N) is 2. The summed E-state index contributed by atoms with van der Waals surface area (Å²) in [7, 11) is 0. The number of carbonyl (C=O) groups excluding carboxylic acids is 1. The monoisotopic (exact) mass is 199 g/mol. The van der Waals surface area contributed by atoms with Gasteiger partial charge in [-0.05, 0) is 24.3 Å². The van der Waals surface area contributed by atoms with E-state index in [1.165, 1.54) is 0 Å². The highest BCUT2D eigenvalue weighted by Gasteiger charge is 2.02. The van der Waals surface area contributed by atoms with Crippen molar-refractivity contribution < 1.29 is 4.79 Å². The van der Waals surface area contributed by atoms with Gasteiger partial charge in [0.15, 0.2) is 0 Å². The van der Waals surface area contributed by atoms with Gasteiger partial charge in [0.2, 0.25) is 0 Å². The summed E-state index contributed by atoms with van der Waals surface area (Å²) >= 11 is 0. The van der Waals surface area contributed by atoms with Gasteiger partial charge in [-0.1, -0.05) is 18.2 Å². The number of azo groups is 1. The Morgan fingerprint density at radius 2 is 1.87 bits per heavy atom. The van der Waals surface area contributed by atoms with E-state index in [2.05, 4.69) is 15.2 Å². The molecular weight excluding hydrogens is 190 g/mol. The number of aromatic nitrogens is 1. The molecule has 0 fully saturated rings. The summed E-state index contributed by atoms with van der Waals surface area (Å²) in [4.78, 5) is 14.2. The lowest BCUT2D eigenvalue weighted by molar-refractivity contribution is 0.0991. The molecule has 0 saturated heterocycles. The van der Waals surface area contributed by atoms with Crippen LogP contribution in [0.15, 0.2) is 58.9 Å². The second-order valence-corrected chi connectivity index (χ2v) is 2.92. The smallest absolute Gasteiger partial charge is 0.311 e. The second kappa shape index (κ2) is 4.32. The van der Waals surface area contributed by atoms with Crippen molar-refractivity contribution in [1.82, 2.24) is 4.98 Å². The Morgan fingerprint density at radius 1 is 1.07 bits per heavy atom. The summed E-state index contributed by atoms with van der Waals surface area (Å²) in [6.07, 6.45) is 1.67. The molecule has 2 aromatic rings. The van der Waals surface area contributed by atoms with Gasteiger partial charge in [-0.25, -0.2) is 0 Å². The molecule has 1 aromatic heterocycles. The van der Waals surface area contributed by atoms with Crippen molar-refractivity contribution in [2.75, 3.05) is 0 Å². The van der Waals surface area contributed by atoms with Crippen molar-refractivity contribution in [2.24, 2.45) is 10.2 Å². The van der Waals surface area contributed by atoms with E-state index >= 15 is 0 Å². The highest BCUT2D eigenvalue weighted by molar-refractivity contribution is 5.92. The van der Waals surface area contributed by atoms with Gasteiger partial charge >= 0.3 is 5.91 Å². The third-order valence-electron chi connectivity index (χ3n) is 1.84. The number of hydrogen-bond donors (Lipinski definition) is 1. The molecule has 4 nitrogen and oxygen atoms in total. The van der Waals surface area contributed by atoms with Crippen LogP contribution in [0.4, 0.5) is 5.69 Å². The van der Waals surface area contributed by atoms with Crippen molar-refractivity contribution in [3.63, 3.8) is 0 Å². The van der Waals surface area contributed by atoms with E-state index in [1.54, 1.807) is 30.5 Å². The molecule has 2 rings (SSSR count). The Morgan fingerprint density at radius 3 is 2.53 bits per heavy atom. The number of aromatic amines is 1. The molecule has 0 aliphatic heterocycles. The maximum Gasteiger partial charge on any atom is 0.311 e. The lowest BCUT2D eigenvalue weighted by Gasteiger charge is -1.89. The number of amides is 1. The normalized spacial score (nSPS) is 10.7. The van der Waals surface area contributed by atoms with Gasteiger partial charge in [0.05, 0.1) is 5.69 Å². The Balaban J connectivity index is 2.10. The van der Waals surface area contributed by atoms with E-state index in [1.807, 2.05) is 18.2 Å². The number of hydrogen-bond acceptors (Lipinski definition) is 2. The molecule has 0 aliphatic rings. The number of nitrogens with one attached hydrogen (secondary N) is 1. The summed E-state index contributed by atoms with van der Waals surface area (Å²) in [6.45, 7) is 0.